The zero-order valence-electron chi connectivity index (χ0n) is 16.5. The number of rotatable bonds is 12. The molecular formula is C23H32O4S. The number of benzene rings is 1. The minimum atomic E-state index is -0.791. The van der Waals surface area contributed by atoms with Crippen LogP contribution in [0.25, 0.3) is 0 Å². The van der Waals surface area contributed by atoms with Gasteiger partial charge in [0, 0.05) is 12.3 Å². The highest BCUT2D eigenvalue weighted by Gasteiger charge is 2.49. The van der Waals surface area contributed by atoms with Crippen LogP contribution in [0.15, 0.2) is 42.5 Å². The SMILES string of the molecule is O=C(O)CCC/C=C\CC1C2CC[C@@H](O2)[C@@H]1C[S+]([O-])CCCc1ccccc1. The number of carboxylic acid groups (broad SMARTS) is 1. The van der Waals surface area contributed by atoms with E-state index in [4.69, 9.17) is 9.84 Å². The van der Waals surface area contributed by atoms with Gasteiger partial charge < -0.3 is 14.4 Å². The molecule has 0 spiro atoms. The average Bonchev–Trinajstić information content (AvgIpc) is 3.27. The van der Waals surface area contributed by atoms with Crippen LogP contribution in [0.2, 0.25) is 0 Å². The molecule has 2 bridgehead atoms. The largest absolute Gasteiger partial charge is 0.616 e. The van der Waals surface area contributed by atoms with E-state index < -0.39 is 17.1 Å². The molecule has 4 nitrogen and oxygen atoms in total. The summed E-state index contributed by atoms with van der Waals surface area (Å²) >= 11 is -0.791. The number of ether oxygens (including phenoxy) is 1. The van der Waals surface area contributed by atoms with Crippen molar-refractivity contribution in [1.29, 1.82) is 0 Å². The molecule has 5 heteroatoms. The Bertz CT molecular complexity index is 633. The van der Waals surface area contributed by atoms with Crippen LogP contribution in [0.4, 0.5) is 0 Å². The highest BCUT2D eigenvalue weighted by Crippen LogP contribution is 2.45. The first-order valence-electron chi connectivity index (χ1n) is 10.5. The quantitative estimate of drug-likeness (QED) is 0.319. The lowest BCUT2D eigenvalue weighted by molar-refractivity contribution is -0.137. The van der Waals surface area contributed by atoms with Gasteiger partial charge in [0.05, 0.1) is 12.2 Å². The van der Waals surface area contributed by atoms with Crippen LogP contribution >= 0.6 is 0 Å². The summed E-state index contributed by atoms with van der Waals surface area (Å²) in [5.41, 5.74) is 1.31. The Morgan fingerprint density at radius 2 is 1.89 bits per heavy atom. The molecule has 1 N–H and O–H groups in total. The van der Waals surface area contributed by atoms with Crippen molar-refractivity contribution in [1.82, 2.24) is 0 Å². The lowest BCUT2D eigenvalue weighted by atomic mass is 9.78. The van der Waals surface area contributed by atoms with Crippen LogP contribution in [-0.2, 0) is 27.1 Å². The molecule has 5 atom stereocenters. The molecule has 1 aromatic rings. The van der Waals surface area contributed by atoms with Crippen molar-refractivity contribution in [3.8, 4) is 0 Å². The van der Waals surface area contributed by atoms with E-state index in [1.165, 1.54) is 5.56 Å². The summed E-state index contributed by atoms with van der Waals surface area (Å²) < 4.78 is 18.8. The van der Waals surface area contributed by atoms with Gasteiger partial charge in [-0.05, 0) is 56.4 Å². The first-order valence-corrected chi connectivity index (χ1v) is 12.0. The van der Waals surface area contributed by atoms with E-state index in [0.717, 1.165) is 50.0 Å². The smallest absolute Gasteiger partial charge is 0.303 e. The maximum atomic E-state index is 12.7. The summed E-state index contributed by atoms with van der Waals surface area (Å²) in [5.74, 6) is 1.66. The second-order valence-corrected chi connectivity index (χ2v) is 9.63. The van der Waals surface area contributed by atoms with Gasteiger partial charge in [-0.25, -0.2) is 0 Å². The fourth-order valence-electron chi connectivity index (χ4n) is 4.55. The Morgan fingerprint density at radius 3 is 2.64 bits per heavy atom. The fraction of sp³-hybridized carbons (Fsp3) is 0.609. The molecular weight excluding hydrogens is 372 g/mol. The van der Waals surface area contributed by atoms with Crippen LogP contribution in [0.5, 0.6) is 0 Å². The fourth-order valence-corrected chi connectivity index (χ4v) is 6.07. The third-order valence-electron chi connectivity index (χ3n) is 5.99. The van der Waals surface area contributed by atoms with Crippen molar-refractivity contribution in [2.45, 2.75) is 63.6 Å². The Kier molecular flexibility index (Phi) is 8.44. The van der Waals surface area contributed by atoms with Gasteiger partial charge in [-0.2, -0.15) is 0 Å². The van der Waals surface area contributed by atoms with Gasteiger partial charge in [-0.1, -0.05) is 53.7 Å². The number of carboxylic acids is 1. The summed E-state index contributed by atoms with van der Waals surface area (Å²) in [4.78, 5) is 10.6. The van der Waals surface area contributed by atoms with Crippen LogP contribution in [0.1, 0.15) is 50.5 Å². The number of aryl methyl sites for hydroxylation is 1. The summed E-state index contributed by atoms with van der Waals surface area (Å²) in [5, 5.41) is 8.69. The van der Waals surface area contributed by atoms with E-state index in [0.29, 0.717) is 24.4 Å². The molecule has 0 aliphatic carbocycles. The molecule has 2 heterocycles. The Balaban J connectivity index is 1.40. The number of aliphatic carboxylic acids is 1. The third kappa shape index (κ3) is 6.36. The van der Waals surface area contributed by atoms with Crippen LogP contribution < -0.4 is 0 Å². The summed E-state index contributed by atoms with van der Waals surface area (Å²) in [6.45, 7) is 0. The van der Waals surface area contributed by atoms with Gasteiger partial charge in [0.2, 0.25) is 0 Å². The minimum Gasteiger partial charge on any atom is -0.616 e. The van der Waals surface area contributed by atoms with Crippen molar-refractivity contribution in [2.24, 2.45) is 11.8 Å². The molecule has 28 heavy (non-hydrogen) atoms. The lowest BCUT2D eigenvalue weighted by Crippen LogP contribution is -2.33. The Hall–Kier alpha value is -1.30. The molecule has 2 aliphatic rings. The predicted octanol–water partition coefficient (Wildman–Crippen LogP) is 4.36. The zero-order valence-corrected chi connectivity index (χ0v) is 17.3. The molecule has 2 saturated heterocycles. The highest BCUT2D eigenvalue weighted by atomic mass is 32.2. The van der Waals surface area contributed by atoms with E-state index in [1.807, 2.05) is 6.07 Å². The zero-order chi connectivity index (χ0) is 19.8. The number of hydrogen-bond donors (Lipinski definition) is 1. The highest BCUT2D eigenvalue weighted by molar-refractivity contribution is 7.91. The van der Waals surface area contributed by atoms with Gasteiger partial charge in [-0.15, -0.1) is 0 Å². The molecule has 0 saturated carbocycles. The summed E-state index contributed by atoms with van der Waals surface area (Å²) in [7, 11) is 0. The first kappa shape index (κ1) is 21.4. The molecule has 1 aromatic carbocycles. The molecule has 0 radical (unpaired) electrons. The summed E-state index contributed by atoms with van der Waals surface area (Å²) in [6, 6.07) is 10.4. The van der Waals surface area contributed by atoms with Gasteiger partial charge in [0.25, 0.3) is 0 Å². The van der Waals surface area contributed by atoms with Crippen LogP contribution in [0, 0.1) is 11.8 Å². The predicted molar refractivity (Wildman–Crippen MR) is 113 cm³/mol. The summed E-state index contributed by atoms with van der Waals surface area (Å²) in [6.07, 6.45) is 11.8. The molecule has 0 aromatic heterocycles. The van der Waals surface area contributed by atoms with E-state index in [1.54, 1.807) is 0 Å². The van der Waals surface area contributed by atoms with Crippen molar-refractivity contribution in [3.63, 3.8) is 0 Å². The molecule has 154 valence electrons. The van der Waals surface area contributed by atoms with E-state index in [-0.39, 0.29) is 12.5 Å². The Labute approximate surface area is 171 Å². The topological polar surface area (TPSA) is 69.6 Å². The number of carbonyl (C=O) groups is 1. The van der Waals surface area contributed by atoms with Crippen molar-refractivity contribution >= 4 is 17.1 Å². The van der Waals surface area contributed by atoms with E-state index in [9.17, 15) is 9.35 Å². The van der Waals surface area contributed by atoms with Gasteiger partial charge >= 0.3 is 5.97 Å². The molecule has 3 rings (SSSR count). The Morgan fingerprint density at radius 1 is 1.14 bits per heavy atom. The van der Waals surface area contributed by atoms with Gasteiger partial charge in [-0.3, -0.25) is 4.79 Å². The van der Waals surface area contributed by atoms with Crippen molar-refractivity contribution in [3.05, 3.63) is 48.0 Å². The van der Waals surface area contributed by atoms with Gasteiger partial charge in [0.15, 0.2) is 0 Å². The van der Waals surface area contributed by atoms with Gasteiger partial charge in [0.1, 0.15) is 11.5 Å². The second-order valence-electron chi connectivity index (χ2n) is 8.01. The van der Waals surface area contributed by atoms with Crippen molar-refractivity contribution < 1.29 is 19.2 Å². The maximum absolute atomic E-state index is 12.7. The van der Waals surface area contributed by atoms with E-state index >= 15 is 0 Å². The standard InChI is InChI=1S/C23H32O4S/c24-23(25)13-7-2-1-6-12-19-20(22-15-14-21(19)27-22)17-28(26)16-8-11-18-9-4-3-5-10-18/h1,3-6,9-10,19-22H,2,7-8,11-17H2,(H,24,25)/b6-1-/t19?,20-,21?,22-,28?/m1/s1. The number of hydrogen-bond acceptors (Lipinski definition) is 3. The molecule has 0 amide bonds. The van der Waals surface area contributed by atoms with Crippen molar-refractivity contribution in [2.75, 3.05) is 11.5 Å². The van der Waals surface area contributed by atoms with Crippen LogP contribution in [-0.4, -0.2) is 39.3 Å². The average molecular weight is 405 g/mol. The lowest BCUT2D eigenvalue weighted by Gasteiger charge is -2.27. The monoisotopic (exact) mass is 404 g/mol. The second kappa shape index (κ2) is 11.0. The normalized spacial score (nSPS) is 27.5. The van der Waals surface area contributed by atoms with Crippen LogP contribution in [0.3, 0.4) is 0 Å². The number of allylic oxidation sites excluding steroid dienone is 2. The number of fused-ring (bicyclic) bond motifs is 2. The molecule has 3 unspecified atom stereocenters. The first-order chi connectivity index (χ1) is 13.6. The molecule has 2 aliphatic heterocycles. The third-order valence-corrected chi connectivity index (χ3v) is 7.49. The molecule has 2 fully saturated rings. The number of unbranched alkanes of at least 4 members (excludes halogenated alkanes) is 1. The maximum Gasteiger partial charge on any atom is 0.303 e. The minimum absolute atomic E-state index is 0.228. The van der Waals surface area contributed by atoms with E-state index in [2.05, 4.69) is 36.4 Å².